The summed E-state index contributed by atoms with van der Waals surface area (Å²) in [6.45, 7) is 0. The first-order valence-electron chi connectivity index (χ1n) is 8.64. The molecular formula is C22H14Cl2O4S. The maximum atomic E-state index is 13.1. The highest BCUT2D eigenvalue weighted by atomic mass is 35.5. The Morgan fingerprint density at radius 1 is 0.828 bits per heavy atom. The molecule has 0 unspecified atom stereocenters. The molecule has 0 spiro atoms. The third-order valence-electron chi connectivity index (χ3n) is 4.52. The van der Waals surface area contributed by atoms with Crippen molar-refractivity contribution in [2.75, 3.05) is 0 Å². The van der Waals surface area contributed by atoms with Gasteiger partial charge in [0, 0.05) is 26.6 Å². The summed E-state index contributed by atoms with van der Waals surface area (Å²) in [5.41, 5.74) is 1.14. The standard InChI is InChI=1S/C22H14Cl2O4S/c23-15-7-5-14(6-8-15)21(25)22-19(18-3-1-2-4-20(18)28-22)13-29(26,27)17-11-9-16(24)10-12-17/h1-12H,13H2. The summed E-state index contributed by atoms with van der Waals surface area (Å²) in [6, 6.07) is 19.3. The second-order valence-corrected chi connectivity index (χ2v) is 9.32. The smallest absolute Gasteiger partial charge is 0.228 e. The van der Waals surface area contributed by atoms with Crippen molar-refractivity contribution in [3.8, 4) is 0 Å². The van der Waals surface area contributed by atoms with Crippen molar-refractivity contribution in [3.05, 3.63) is 99.7 Å². The molecule has 4 nitrogen and oxygen atoms in total. The van der Waals surface area contributed by atoms with Crippen LogP contribution in [0.15, 0.2) is 82.1 Å². The van der Waals surface area contributed by atoms with Gasteiger partial charge >= 0.3 is 0 Å². The molecule has 0 saturated carbocycles. The van der Waals surface area contributed by atoms with E-state index >= 15 is 0 Å². The third kappa shape index (κ3) is 3.94. The molecule has 0 radical (unpaired) electrons. The second kappa shape index (κ2) is 7.67. The number of ketones is 1. The molecule has 0 aliphatic rings. The predicted molar refractivity (Wildman–Crippen MR) is 113 cm³/mol. The van der Waals surface area contributed by atoms with Crippen molar-refractivity contribution in [2.45, 2.75) is 10.6 Å². The van der Waals surface area contributed by atoms with Crippen LogP contribution >= 0.6 is 23.2 Å². The van der Waals surface area contributed by atoms with Crippen LogP contribution in [-0.2, 0) is 15.6 Å². The number of rotatable bonds is 5. The largest absolute Gasteiger partial charge is 0.452 e. The Kier molecular flexibility index (Phi) is 5.21. The van der Waals surface area contributed by atoms with Crippen LogP contribution in [0, 0.1) is 0 Å². The molecule has 0 bridgehead atoms. The van der Waals surface area contributed by atoms with Gasteiger partial charge in [0.05, 0.1) is 10.6 Å². The lowest BCUT2D eigenvalue weighted by atomic mass is 10.0. The molecule has 146 valence electrons. The number of carbonyl (C=O) groups is 1. The van der Waals surface area contributed by atoms with E-state index in [-0.39, 0.29) is 16.4 Å². The maximum Gasteiger partial charge on any atom is 0.228 e. The number of hydrogen-bond donors (Lipinski definition) is 0. The number of furan rings is 1. The van der Waals surface area contributed by atoms with Gasteiger partial charge in [-0.15, -0.1) is 0 Å². The average molecular weight is 445 g/mol. The summed E-state index contributed by atoms with van der Waals surface area (Å²) in [5.74, 6) is -0.773. The quantitative estimate of drug-likeness (QED) is 0.357. The molecular weight excluding hydrogens is 431 g/mol. The summed E-state index contributed by atoms with van der Waals surface area (Å²) in [5, 5.41) is 1.52. The predicted octanol–water partition coefficient (Wildman–Crippen LogP) is 5.94. The minimum Gasteiger partial charge on any atom is -0.452 e. The van der Waals surface area contributed by atoms with E-state index in [0.29, 0.717) is 32.1 Å². The van der Waals surface area contributed by atoms with Crippen molar-refractivity contribution in [2.24, 2.45) is 0 Å². The third-order valence-corrected chi connectivity index (χ3v) is 6.68. The number of carbonyl (C=O) groups excluding carboxylic acids is 1. The maximum absolute atomic E-state index is 13.1. The molecule has 1 aromatic heterocycles. The van der Waals surface area contributed by atoms with Gasteiger partial charge in [-0.25, -0.2) is 8.42 Å². The van der Waals surface area contributed by atoms with Crippen LogP contribution in [0.3, 0.4) is 0 Å². The Morgan fingerprint density at radius 2 is 1.41 bits per heavy atom. The zero-order valence-corrected chi connectivity index (χ0v) is 17.3. The van der Waals surface area contributed by atoms with E-state index in [9.17, 15) is 13.2 Å². The second-order valence-electron chi connectivity index (χ2n) is 6.45. The topological polar surface area (TPSA) is 64.3 Å². The van der Waals surface area contributed by atoms with Crippen molar-refractivity contribution in [1.82, 2.24) is 0 Å². The first kappa shape index (κ1) is 19.7. The van der Waals surface area contributed by atoms with Crippen molar-refractivity contribution >= 4 is 49.8 Å². The van der Waals surface area contributed by atoms with E-state index < -0.39 is 15.6 Å². The van der Waals surface area contributed by atoms with Crippen LogP contribution < -0.4 is 0 Å². The van der Waals surface area contributed by atoms with Crippen molar-refractivity contribution < 1.29 is 17.6 Å². The summed E-state index contributed by atoms with van der Waals surface area (Å²) in [4.78, 5) is 13.2. The van der Waals surface area contributed by atoms with E-state index in [1.807, 2.05) is 0 Å². The number of halogens is 2. The Bertz CT molecular complexity index is 1310. The molecule has 0 amide bonds. The van der Waals surface area contributed by atoms with Crippen LogP contribution in [0.5, 0.6) is 0 Å². The van der Waals surface area contributed by atoms with Gasteiger partial charge in [-0.1, -0.05) is 41.4 Å². The minimum absolute atomic E-state index is 0.00561. The Hall–Kier alpha value is -2.60. The molecule has 29 heavy (non-hydrogen) atoms. The molecule has 0 saturated heterocycles. The lowest BCUT2D eigenvalue weighted by Crippen LogP contribution is -2.09. The summed E-state index contributed by atoms with van der Waals surface area (Å²) in [7, 11) is -3.73. The van der Waals surface area contributed by atoms with E-state index in [0.717, 1.165) is 0 Å². The van der Waals surface area contributed by atoms with E-state index in [1.54, 1.807) is 48.5 Å². The van der Waals surface area contributed by atoms with Gasteiger partial charge in [0.25, 0.3) is 0 Å². The molecule has 4 aromatic rings. The van der Waals surface area contributed by atoms with Crippen molar-refractivity contribution in [3.63, 3.8) is 0 Å². The summed E-state index contributed by atoms with van der Waals surface area (Å²) < 4.78 is 31.8. The van der Waals surface area contributed by atoms with Gasteiger partial charge in [0.15, 0.2) is 15.6 Å². The molecule has 0 N–H and O–H groups in total. The molecule has 7 heteroatoms. The molecule has 0 aliphatic heterocycles. The number of hydrogen-bond acceptors (Lipinski definition) is 4. The van der Waals surface area contributed by atoms with E-state index in [4.69, 9.17) is 27.6 Å². The first-order chi connectivity index (χ1) is 13.8. The molecule has 1 heterocycles. The average Bonchev–Trinajstić information content (AvgIpc) is 3.06. The Balaban J connectivity index is 1.83. The highest BCUT2D eigenvalue weighted by molar-refractivity contribution is 7.90. The fourth-order valence-corrected chi connectivity index (χ4v) is 4.71. The highest BCUT2D eigenvalue weighted by Gasteiger charge is 2.26. The fraction of sp³-hybridized carbons (Fsp3) is 0.0455. The number of fused-ring (bicyclic) bond motifs is 1. The SMILES string of the molecule is O=C(c1ccc(Cl)cc1)c1oc2ccccc2c1CS(=O)(=O)c1ccc(Cl)cc1. The van der Waals surface area contributed by atoms with E-state index in [2.05, 4.69) is 0 Å². The molecule has 0 aliphatic carbocycles. The Morgan fingerprint density at radius 3 is 2.07 bits per heavy atom. The molecule has 3 aromatic carbocycles. The van der Waals surface area contributed by atoms with Gasteiger partial charge in [0.2, 0.25) is 5.78 Å². The minimum atomic E-state index is -3.73. The van der Waals surface area contributed by atoms with Gasteiger partial charge in [-0.2, -0.15) is 0 Å². The monoisotopic (exact) mass is 444 g/mol. The van der Waals surface area contributed by atoms with Gasteiger partial charge < -0.3 is 4.42 Å². The number of benzene rings is 3. The Labute approximate surface area is 177 Å². The van der Waals surface area contributed by atoms with Crippen LogP contribution in [0.2, 0.25) is 10.0 Å². The molecule has 4 rings (SSSR count). The lowest BCUT2D eigenvalue weighted by molar-refractivity contribution is 0.101. The fourth-order valence-electron chi connectivity index (χ4n) is 3.07. The van der Waals surface area contributed by atoms with Gasteiger partial charge in [-0.05, 0) is 54.6 Å². The van der Waals surface area contributed by atoms with Crippen LogP contribution in [0.25, 0.3) is 11.0 Å². The van der Waals surface area contributed by atoms with Crippen molar-refractivity contribution in [1.29, 1.82) is 0 Å². The summed E-state index contributed by atoms with van der Waals surface area (Å²) >= 11 is 11.8. The van der Waals surface area contributed by atoms with Gasteiger partial charge in [-0.3, -0.25) is 4.79 Å². The van der Waals surface area contributed by atoms with Gasteiger partial charge in [0.1, 0.15) is 5.58 Å². The molecule has 0 atom stereocenters. The zero-order valence-electron chi connectivity index (χ0n) is 14.9. The first-order valence-corrected chi connectivity index (χ1v) is 11.0. The zero-order chi connectivity index (χ0) is 20.6. The lowest BCUT2D eigenvalue weighted by Gasteiger charge is -2.06. The van der Waals surface area contributed by atoms with Crippen LogP contribution in [0.4, 0.5) is 0 Å². The number of sulfone groups is 1. The number of para-hydroxylation sites is 1. The van der Waals surface area contributed by atoms with Crippen LogP contribution in [-0.4, -0.2) is 14.2 Å². The van der Waals surface area contributed by atoms with E-state index in [1.165, 1.54) is 24.3 Å². The highest BCUT2D eigenvalue weighted by Crippen LogP contribution is 2.31. The normalized spacial score (nSPS) is 11.7. The van der Waals surface area contributed by atoms with Crippen LogP contribution in [0.1, 0.15) is 21.7 Å². The summed E-state index contributed by atoms with van der Waals surface area (Å²) in [6.07, 6.45) is 0. The molecule has 0 fully saturated rings.